The zero-order chi connectivity index (χ0) is 9.80. The molecule has 2 rings (SSSR count). The van der Waals surface area contributed by atoms with Crippen LogP contribution in [0, 0.1) is 5.92 Å². The van der Waals surface area contributed by atoms with Crippen LogP contribution in [0.25, 0.3) is 0 Å². The van der Waals surface area contributed by atoms with Gasteiger partial charge in [-0.2, -0.15) is 0 Å². The highest BCUT2D eigenvalue weighted by Gasteiger charge is 2.27. The van der Waals surface area contributed by atoms with Crippen molar-refractivity contribution < 1.29 is 5.11 Å². The molecule has 1 heterocycles. The van der Waals surface area contributed by atoms with Gasteiger partial charge in [0, 0.05) is 6.04 Å². The van der Waals surface area contributed by atoms with Gasteiger partial charge in [0.15, 0.2) is 0 Å². The van der Waals surface area contributed by atoms with E-state index in [1.54, 1.807) is 0 Å². The lowest BCUT2D eigenvalue weighted by atomic mass is 9.86. The van der Waals surface area contributed by atoms with Gasteiger partial charge in [-0.25, -0.2) is 0 Å². The maximum atomic E-state index is 9.64. The first kappa shape index (κ1) is 13.3. The number of aliphatic hydroxyl groups excluding tert-OH is 1. The molecule has 0 bridgehead atoms. The third kappa shape index (κ3) is 3.93. The largest absolute Gasteiger partial charge is 0.393 e. The Bertz CT molecular complexity index is 169. The normalized spacial score (nSPS) is 34.2. The highest BCUT2D eigenvalue weighted by Crippen LogP contribution is 2.28. The standard InChI is InChI=1S/C12H23NO.ClH/c14-11-7-8-13-12(9-11)10-5-3-1-2-4-6-10;/h10-14H,1-9H2;1H. The minimum absolute atomic E-state index is 0. The van der Waals surface area contributed by atoms with Crippen LogP contribution in [0.2, 0.25) is 0 Å². The number of nitrogens with one attached hydrogen (secondary N) is 1. The predicted molar refractivity (Wildman–Crippen MR) is 65.5 cm³/mol. The summed E-state index contributed by atoms with van der Waals surface area (Å²) in [5.41, 5.74) is 0. The van der Waals surface area contributed by atoms with E-state index in [0.29, 0.717) is 6.04 Å². The van der Waals surface area contributed by atoms with Gasteiger partial charge in [0.1, 0.15) is 0 Å². The highest BCUT2D eigenvalue weighted by atomic mass is 35.5. The van der Waals surface area contributed by atoms with Gasteiger partial charge in [-0.05, 0) is 38.1 Å². The first-order valence-electron chi connectivity index (χ1n) is 6.28. The maximum Gasteiger partial charge on any atom is 0.0567 e. The summed E-state index contributed by atoms with van der Waals surface area (Å²) in [6.07, 6.45) is 10.3. The van der Waals surface area contributed by atoms with Crippen molar-refractivity contribution in [2.24, 2.45) is 5.92 Å². The van der Waals surface area contributed by atoms with E-state index in [1.807, 2.05) is 0 Å². The molecule has 90 valence electrons. The van der Waals surface area contributed by atoms with Crippen molar-refractivity contribution in [2.75, 3.05) is 6.54 Å². The summed E-state index contributed by atoms with van der Waals surface area (Å²) < 4.78 is 0. The Hall–Kier alpha value is 0.210. The molecule has 2 nitrogen and oxygen atoms in total. The van der Waals surface area contributed by atoms with E-state index in [1.165, 1.54) is 38.5 Å². The van der Waals surface area contributed by atoms with Crippen LogP contribution in [0.3, 0.4) is 0 Å². The van der Waals surface area contributed by atoms with Gasteiger partial charge >= 0.3 is 0 Å². The average Bonchev–Trinajstić information content (AvgIpc) is 2.45. The average molecular weight is 234 g/mol. The molecular weight excluding hydrogens is 210 g/mol. The fraction of sp³-hybridized carbons (Fsp3) is 1.00. The molecule has 2 N–H and O–H groups in total. The Balaban J connectivity index is 0.00000112. The SMILES string of the molecule is Cl.OC1CCNC(C2CCCCCC2)C1. The van der Waals surface area contributed by atoms with Crippen molar-refractivity contribution in [3.8, 4) is 0 Å². The maximum absolute atomic E-state index is 9.64. The van der Waals surface area contributed by atoms with Gasteiger partial charge in [0.05, 0.1) is 6.10 Å². The summed E-state index contributed by atoms with van der Waals surface area (Å²) in [4.78, 5) is 0. The van der Waals surface area contributed by atoms with Crippen LogP contribution in [0.4, 0.5) is 0 Å². The molecule has 3 heteroatoms. The summed E-state index contributed by atoms with van der Waals surface area (Å²) in [6, 6.07) is 0.608. The van der Waals surface area contributed by atoms with E-state index in [9.17, 15) is 5.11 Å². The van der Waals surface area contributed by atoms with E-state index in [2.05, 4.69) is 5.32 Å². The van der Waals surface area contributed by atoms with E-state index in [0.717, 1.165) is 25.3 Å². The minimum atomic E-state index is -0.0375. The zero-order valence-electron chi connectivity index (χ0n) is 9.45. The first-order chi connectivity index (χ1) is 6.86. The molecule has 2 fully saturated rings. The second-order valence-electron chi connectivity index (χ2n) is 4.99. The summed E-state index contributed by atoms with van der Waals surface area (Å²) >= 11 is 0. The Labute approximate surface area is 99.2 Å². The number of hydrogen-bond acceptors (Lipinski definition) is 2. The molecule has 0 aromatic carbocycles. The molecule has 1 saturated carbocycles. The van der Waals surface area contributed by atoms with Crippen molar-refractivity contribution in [3.05, 3.63) is 0 Å². The van der Waals surface area contributed by atoms with E-state index in [-0.39, 0.29) is 18.5 Å². The van der Waals surface area contributed by atoms with Gasteiger partial charge in [-0.1, -0.05) is 25.7 Å². The predicted octanol–water partition coefficient (Wildman–Crippen LogP) is 2.49. The third-order valence-corrected chi connectivity index (χ3v) is 3.88. The monoisotopic (exact) mass is 233 g/mol. The lowest BCUT2D eigenvalue weighted by Crippen LogP contribution is -2.44. The van der Waals surface area contributed by atoms with Crippen molar-refractivity contribution in [2.45, 2.75) is 63.5 Å². The Morgan fingerprint density at radius 2 is 1.60 bits per heavy atom. The molecule has 1 aliphatic heterocycles. The fourth-order valence-corrected chi connectivity index (χ4v) is 3.00. The molecular formula is C12H24ClNO. The number of hydrogen-bond donors (Lipinski definition) is 2. The smallest absolute Gasteiger partial charge is 0.0567 e. The number of aliphatic hydroxyl groups is 1. The summed E-state index contributed by atoms with van der Waals surface area (Å²) in [5, 5.41) is 13.2. The van der Waals surface area contributed by atoms with Crippen LogP contribution >= 0.6 is 12.4 Å². The first-order valence-corrected chi connectivity index (χ1v) is 6.28. The summed E-state index contributed by atoms with van der Waals surface area (Å²) in [5.74, 6) is 0.840. The zero-order valence-corrected chi connectivity index (χ0v) is 10.3. The highest BCUT2D eigenvalue weighted by molar-refractivity contribution is 5.85. The van der Waals surface area contributed by atoms with Crippen LogP contribution < -0.4 is 5.32 Å². The molecule has 2 aliphatic rings. The molecule has 15 heavy (non-hydrogen) atoms. The molecule has 2 atom stereocenters. The van der Waals surface area contributed by atoms with Crippen molar-refractivity contribution >= 4 is 12.4 Å². The second-order valence-corrected chi connectivity index (χ2v) is 4.99. The van der Waals surface area contributed by atoms with Crippen LogP contribution in [0.15, 0.2) is 0 Å². The Kier molecular flexibility index (Phi) is 5.95. The number of rotatable bonds is 1. The van der Waals surface area contributed by atoms with E-state index >= 15 is 0 Å². The van der Waals surface area contributed by atoms with Crippen LogP contribution in [0.5, 0.6) is 0 Å². The van der Waals surface area contributed by atoms with Gasteiger partial charge in [0.25, 0.3) is 0 Å². The Morgan fingerprint density at radius 1 is 0.933 bits per heavy atom. The molecule has 0 aromatic rings. The summed E-state index contributed by atoms with van der Waals surface area (Å²) in [7, 11) is 0. The van der Waals surface area contributed by atoms with Gasteiger partial charge in [-0.15, -0.1) is 12.4 Å². The number of piperidine rings is 1. The van der Waals surface area contributed by atoms with E-state index in [4.69, 9.17) is 0 Å². The van der Waals surface area contributed by atoms with Gasteiger partial charge < -0.3 is 10.4 Å². The molecule has 0 amide bonds. The Morgan fingerprint density at radius 3 is 2.20 bits per heavy atom. The van der Waals surface area contributed by atoms with Crippen LogP contribution in [0.1, 0.15) is 51.4 Å². The van der Waals surface area contributed by atoms with E-state index < -0.39 is 0 Å². The third-order valence-electron chi connectivity index (χ3n) is 3.88. The lowest BCUT2D eigenvalue weighted by Gasteiger charge is -2.33. The molecule has 0 aromatic heterocycles. The molecule has 0 spiro atoms. The molecule has 1 saturated heterocycles. The molecule has 2 unspecified atom stereocenters. The van der Waals surface area contributed by atoms with Crippen molar-refractivity contribution in [3.63, 3.8) is 0 Å². The minimum Gasteiger partial charge on any atom is -0.393 e. The summed E-state index contributed by atoms with van der Waals surface area (Å²) in [6.45, 7) is 1.02. The molecule has 0 radical (unpaired) electrons. The van der Waals surface area contributed by atoms with Crippen molar-refractivity contribution in [1.82, 2.24) is 5.32 Å². The fourth-order valence-electron chi connectivity index (χ4n) is 3.00. The number of halogens is 1. The van der Waals surface area contributed by atoms with Crippen LogP contribution in [-0.4, -0.2) is 23.8 Å². The topological polar surface area (TPSA) is 32.3 Å². The quantitative estimate of drug-likeness (QED) is 0.683. The lowest BCUT2D eigenvalue weighted by molar-refractivity contribution is 0.0968. The van der Waals surface area contributed by atoms with Gasteiger partial charge in [0.2, 0.25) is 0 Å². The molecule has 1 aliphatic carbocycles. The van der Waals surface area contributed by atoms with Crippen molar-refractivity contribution in [1.29, 1.82) is 0 Å². The second kappa shape index (κ2) is 6.72. The van der Waals surface area contributed by atoms with Crippen LogP contribution in [-0.2, 0) is 0 Å². The van der Waals surface area contributed by atoms with Gasteiger partial charge in [-0.3, -0.25) is 0 Å².